The Kier molecular flexibility index (Phi) is 2.62. The van der Waals surface area contributed by atoms with Crippen molar-refractivity contribution in [3.05, 3.63) is 53.6 Å². The molecule has 0 bridgehead atoms. The summed E-state index contributed by atoms with van der Waals surface area (Å²) >= 11 is 1.58. The fraction of sp³-hybridized carbons (Fsp3) is 0.0625. The number of rotatable bonds is 2. The van der Waals surface area contributed by atoms with Crippen LogP contribution in [0.5, 0.6) is 0 Å². The van der Waals surface area contributed by atoms with Gasteiger partial charge in [0, 0.05) is 5.38 Å². The van der Waals surface area contributed by atoms with Gasteiger partial charge in [0.05, 0.1) is 12.0 Å². The highest BCUT2D eigenvalue weighted by molar-refractivity contribution is 7.15. The minimum absolute atomic E-state index is 0.608. The molecule has 0 aliphatic heterocycles. The topological polar surface area (TPSA) is 56.5 Å². The van der Waals surface area contributed by atoms with Crippen molar-refractivity contribution in [2.24, 2.45) is 0 Å². The van der Waals surface area contributed by atoms with Crippen LogP contribution in [0.1, 0.15) is 5.56 Å². The molecule has 0 amide bonds. The molecule has 3 heterocycles. The molecule has 4 nitrogen and oxygen atoms in total. The SMILES string of the molecule is Cc1ccc(-c2csc3nc(-c4ccco4)c(N)n23)cc1. The van der Waals surface area contributed by atoms with Crippen molar-refractivity contribution in [1.29, 1.82) is 0 Å². The fourth-order valence-corrected chi connectivity index (χ4v) is 3.31. The average molecular weight is 295 g/mol. The second-order valence-electron chi connectivity index (χ2n) is 4.93. The lowest BCUT2D eigenvalue weighted by Crippen LogP contribution is -1.95. The first kappa shape index (κ1) is 12.2. The molecule has 3 aromatic heterocycles. The first-order chi connectivity index (χ1) is 10.2. The molecule has 0 atom stereocenters. The van der Waals surface area contributed by atoms with E-state index in [4.69, 9.17) is 10.2 Å². The van der Waals surface area contributed by atoms with Crippen LogP contribution in [0.4, 0.5) is 5.82 Å². The van der Waals surface area contributed by atoms with Crippen molar-refractivity contribution in [1.82, 2.24) is 9.38 Å². The van der Waals surface area contributed by atoms with E-state index in [9.17, 15) is 0 Å². The van der Waals surface area contributed by atoms with E-state index >= 15 is 0 Å². The van der Waals surface area contributed by atoms with Gasteiger partial charge in [0.2, 0.25) is 0 Å². The number of aryl methyl sites for hydroxylation is 1. The van der Waals surface area contributed by atoms with Gasteiger partial charge in [-0.3, -0.25) is 4.40 Å². The van der Waals surface area contributed by atoms with Crippen molar-refractivity contribution < 1.29 is 4.42 Å². The molecule has 0 fully saturated rings. The first-order valence-corrected chi connectivity index (χ1v) is 7.48. The van der Waals surface area contributed by atoms with Gasteiger partial charge in [-0.2, -0.15) is 0 Å². The summed E-state index contributed by atoms with van der Waals surface area (Å²) in [5, 5.41) is 2.08. The third kappa shape index (κ3) is 1.86. The normalized spacial score (nSPS) is 11.3. The van der Waals surface area contributed by atoms with Crippen LogP contribution in [-0.2, 0) is 0 Å². The monoisotopic (exact) mass is 295 g/mol. The van der Waals surface area contributed by atoms with Crippen LogP contribution in [0, 0.1) is 6.92 Å². The lowest BCUT2D eigenvalue weighted by Gasteiger charge is -2.02. The van der Waals surface area contributed by atoms with Crippen molar-refractivity contribution in [2.75, 3.05) is 5.73 Å². The largest absolute Gasteiger partial charge is 0.463 e. The van der Waals surface area contributed by atoms with Crippen LogP contribution in [0.25, 0.3) is 27.7 Å². The number of hydrogen-bond acceptors (Lipinski definition) is 4. The summed E-state index contributed by atoms with van der Waals surface area (Å²) in [6.45, 7) is 2.08. The Hall–Kier alpha value is -2.53. The lowest BCUT2D eigenvalue weighted by molar-refractivity contribution is 0.581. The van der Waals surface area contributed by atoms with Crippen LogP contribution in [0.2, 0.25) is 0 Å². The van der Waals surface area contributed by atoms with E-state index in [0.29, 0.717) is 17.3 Å². The molecular formula is C16H13N3OS. The van der Waals surface area contributed by atoms with E-state index in [2.05, 4.69) is 41.6 Å². The van der Waals surface area contributed by atoms with E-state index < -0.39 is 0 Å². The van der Waals surface area contributed by atoms with Crippen LogP contribution < -0.4 is 5.73 Å². The maximum Gasteiger partial charge on any atom is 0.196 e. The minimum Gasteiger partial charge on any atom is -0.463 e. The summed E-state index contributed by atoms with van der Waals surface area (Å²) in [6.07, 6.45) is 1.63. The van der Waals surface area contributed by atoms with Crippen LogP contribution in [0.3, 0.4) is 0 Å². The van der Waals surface area contributed by atoms with Gasteiger partial charge in [0.25, 0.3) is 0 Å². The average Bonchev–Trinajstić information content (AvgIpc) is 3.18. The van der Waals surface area contributed by atoms with Crippen molar-refractivity contribution in [3.8, 4) is 22.7 Å². The summed E-state index contributed by atoms with van der Waals surface area (Å²) in [5.41, 5.74) is 10.4. The van der Waals surface area contributed by atoms with Gasteiger partial charge in [0.15, 0.2) is 10.7 Å². The molecule has 5 heteroatoms. The van der Waals surface area contributed by atoms with Crippen LogP contribution in [0.15, 0.2) is 52.5 Å². The predicted molar refractivity (Wildman–Crippen MR) is 85.4 cm³/mol. The summed E-state index contributed by atoms with van der Waals surface area (Å²) in [4.78, 5) is 5.45. The van der Waals surface area contributed by atoms with E-state index in [0.717, 1.165) is 16.2 Å². The van der Waals surface area contributed by atoms with Gasteiger partial charge < -0.3 is 10.2 Å². The van der Waals surface area contributed by atoms with Crippen LogP contribution >= 0.6 is 11.3 Å². The molecule has 0 saturated heterocycles. The highest BCUT2D eigenvalue weighted by atomic mass is 32.1. The molecule has 0 spiro atoms. The van der Waals surface area contributed by atoms with Gasteiger partial charge in [0.1, 0.15) is 11.5 Å². The highest BCUT2D eigenvalue weighted by Gasteiger charge is 2.18. The number of thiazole rings is 1. The number of anilines is 1. The summed E-state index contributed by atoms with van der Waals surface area (Å²) < 4.78 is 7.39. The van der Waals surface area contributed by atoms with Gasteiger partial charge in [-0.1, -0.05) is 29.8 Å². The molecule has 1 aromatic carbocycles. The quantitative estimate of drug-likeness (QED) is 0.602. The van der Waals surface area contributed by atoms with E-state index in [1.165, 1.54) is 5.56 Å². The Morgan fingerprint density at radius 2 is 2.00 bits per heavy atom. The minimum atomic E-state index is 0.608. The molecular weight excluding hydrogens is 282 g/mol. The van der Waals surface area contributed by atoms with Gasteiger partial charge in [-0.25, -0.2) is 4.98 Å². The second-order valence-corrected chi connectivity index (χ2v) is 5.76. The molecule has 4 rings (SSSR count). The number of aromatic nitrogens is 2. The van der Waals surface area contributed by atoms with E-state index in [-0.39, 0.29) is 0 Å². The second kappa shape index (κ2) is 4.49. The Bertz CT molecular complexity index is 901. The molecule has 0 saturated carbocycles. The molecule has 0 radical (unpaired) electrons. The zero-order chi connectivity index (χ0) is 14.4. The number of imidazole rings is 1. The van der Waals surface area contributed by atoms with Crippen molar-refractivity contribution in [2.45, 2.75) is 6.92 Å². The fourth-order valence-electron chi connectivity index (χ4n) is 2.40. The summed E-state index contributed by atoms with van der Waals surface area (Å²) in [6, 6.07) is 12.1. The third-order valence-corrected chi connectivity index (χ3v) is 4.33. The Labute approximate surface area is 125 Å². The third-order valence-electron chi connectivity index (χ3n) is 3.50. The zero-order valence-electron chi connectivity index (χ0n) is 11.4. The number of benzene rings is 1. The molecule has 4 aromatic rings. The van der Waals surface area contributed by atoms with Gasteiger partial charge >= 0.3 is 0 Å². The smallest absolute Gasteiger partial charge is 0.196 e. The first-order valence-electron chi connectivity index (χ1n) is 6.60. The Morgan fingerprint density at radius 3 is 2.71 bits per heavy atom. The summed E-state index contributed by atoms with van der Waals surface area (Å²) in [7, 11) is 0. The standard InChI is InChI=1S/C16H13N3OS/c1-10-4-6-11(7-5-10)12-9-21-16-18-14(15(17)19(12)16)13-3-2-8-20-13/h2-9H,17H2,1H3. The molecule has 0 aliphatic carbocycles. The van der Waals surface area contributed by atoms with Gasteiger partial charge in [-0.05, 0) is 24.6 Å². The molecule has 2 N–H and O–H groups in total. The molecule has 0 aliphatic rings. The number of nitrogens with two attached hydrogens (primary N) is 1. The Morgan fingerprint density at radius 1 is 1.19 bits per heavy atom. The number of hydrogen-bond donors (Lipinski definition) is 1. The highest BCUT2D eigenvalue weighted by Crippen LogP contribution is 2.34. The summed E-state index contributed by atoms with van der Waals surface area (Å²) in [5.74, 6) is 1.30. The number of nitrogens with zero attached hydrogens (tertiary/aromatic N) is 2. The molecule has 21 heavy (non-hydrogen) atoms. The molecule has 104 valence electrons. The van der Waals surface area contributed by atoms with Crippen molar-refractivity contribution >= 4 is 22.1 Å². The maximum atomic E-state index is 6.29. The van der Waals surface area contributed by atoms with E-state index in [1.807, 2.05) is 16.5 Å². The lowest BCUT2D eigenvalue weighted by atomic mass is 10.1. The Balaban J connectivity index is 1.93. The number of fused-ring (bicyclic) bond motifs is 1. The number of furan rings is 1. The predicted octanol–water partition coefficient (Wildman–Crippen LogP) is 4.21. The van der Waals surface area contributed by atoms with Gasteiger partial charge in [-0.15, -0.1) is 11.3 Å². The maximum absolute atomic E-state index is 6.29. The van der Waals surface area contributed by atoms with Crippen LogP contribution in [-0.4, -0.2) is 9.38 Å². The molecule has 0 unspecified atom stereocenters. The zero-order valence-corrected chi connectivity index (χ0v) is 12.2. The van der Waals surface area contributed by atoms with E-state index in [1.54, 1.807) is 17.6 Å². The number of nitrogen functional groups attached to an aromatic ring is 1. The van der Waals surface area contributed by atoms with Crippen molar-refractivity contribution in [3.63, 3.8) is 0 Å².